The molecule has 5 heteroatoms. The highest BCUT2D eigenvalue weighted by Gasteiger charge is 2.33. The van der Waals surface area contributed by atoms with Gasteiger partial charge in [0.25, 0.3) is 0 Å². The Balaban J connectivity index is 2.56. The molecule has 17 heavy (non-hydrogen) atoms. The maximum atomic E-state index is 12.8. The smallest absolute Gasteiger partial charge is 0.397 e. The third-order valence-electron chi connectivity index (χ3n) is 2.29. The van der Waals surface area contributed by atoms with Crippen molar-refractivity contribution in [2.75, 3.05) is 5.73 Å². The van der Waals surface area contributed by atoms with E-state index in [1.54, 1.807) is 6.07 Å². The van der Waals surface area contributed by atoms with Crippen LogP contribution in [0, 0.1) is 0 Å². The predicted molar refractivity (Wildman–Crippen MR) is 59.1 cm³/mol. The first-order chi connectivity index (χ1) is 7.98. The van der Waals surface area contributed by atoms with Gasteiger partial charge < -0.3 is 5.73 Å². The van der Waals surface area contributed by atoms with E-state index in [1.807, 2.05) is 0 Å². The van der Waals surface area contributed by atoms with E-state index in [9.17, 15) is 13.2 Å². The fourth-order valence-corrected chi connectivity index (χ4v) is 1.52. The van der Waals surface area contributed by atoms with Crippen LogP contribution in [0.3, 0.4) is 0 Å². The molecule has 0 fully saturated rings. The number of nitrogens with two attached hydrogens (primary N) is 1. The van der Waals surface area contributed by atoms with Gasteiger partial charge in [-0.15, -0.1) is 0 Å². The molecule has 0 saturated carbocycles. The van der Waals surface area contributed by atoms with Gasteiger partial charge in [-0.25, -0.2) is 0 Å². The Kier molecular flexibility index (Phi) is 2.75. The molecule has 0 spiro atoms. The summed E-state index contributed by atoms with van der Waals surface area (Å²) in [6.45, 7) is 0. The molecule has 2 N–H and O–H groups in total. The van der Waals surface area contributed by atoms with Gasteiger partial charge in [-0.1, -0.05) is 18.2 Å². The molecule has 0 unspecified atom stereocenters. The van der Waals surface area contributed by atoms with Crippen molar-refractivity contribution in [3.63, 3.8) is 0 Å². The summed E-state index contributed by atoms with van der Waals surface area (Å²) in [5.41, 5.74) is 5.47. The van der Waals surface area contributed by atoms with Crippen molar-refractivity contribution >= 4 is 5.69 Å². The first-order valence-electron chi connectivity index (χ1n) is 4.86. The highest BCUT2D eigenvalue weighted by Crippen LogP contribution is 2.36. The highest BCUT2D eigenvalue weighted by atomic mass is 19.4. The zero-order chi connectivity index (χ0) is 12.5. The summed E-state index contributed by atoms with van der Waals surface area (Å²) < 4.78 is 38.3. The second-order valence-corrected chi connectivity index (χ2v) is 3.52. The molecule has 2 nitrogen and oxygen atoms in total. The topological polar surface area (TPSA) is 38.9 Å². The molecule has 1 aromatic heterocycles. The Morgan fingerprint density at radius 1 is 1.00 bits per heavy atom. The number of hydrogen-bond acceptors (Lipinski definition) is 2. The van der Waals surface area contributed by atoms with Crippen molar-refractivity contribution in [1.82, 2.24) is 4.98 Å². The monoisotopic (exact) mass is 238 g/mol. The second-order valence-electron chi connectivity index (χ2n) is 3.52. The molecule has 0 saturated heterocycles. The van der Waals surface area contributed by atoms with Crippen LogP contribution in [-0.2, 0) is 6.18 Å². The number of anilines is 1. The van der Waals surface area contributed by atoms with Gasteiger partial charge in [-0.2, -0.15) is 13.2 Å². The second kappa shape index (κ2) is 4.08. The first-order valence-corrected chi connectivity index (χ1v) is 4.86. The van der Waals surface area contributed by atoms with E-state index in [0.717, 1.165) is 6.07 Å². The Morgan fingerprint density at radius 3 is 2.29 bits per heavy atom. The van der Waals surface area contributed by atoms with Crippen molar-refractivity contribution in [3.8, 4) is 11.3 Å². The molecular weight excluding hydrogens is 229 g/mol. The maximum absolute atomic E-state index is 12.8. The standard InChI is InChI=1S/C12H9F3N2/c13-12(14,15)10-4-2-1-3-9(10)11-6-5-8(16)7-17-11/h1-7H,16H2. The summed E-state index contributed by atoms with van der Waals surface area (Å²) in [5, 5.41) is 0. The van der Waals surface area contributed by atoms with Crippen molar-refractivity contribution in [1.29, 1.82) is 0 Å². The summed E-state index contributed by atoms with van der Waals surface area (Å²) in [6, 6.07) is 8.32. The van der Waals surface area contributed by atoms with Crippen LogP contribution in [0.2, 0.25) is 0 Å². The molecule has 0 aliphatic carbocycles. The van der Waals surface area contributed by atoms with Gasteiger partial charge in [0, 0.05) is 5.56 Å². The summed E-state index contributed by atoms with van der Waals surface area (Å²) in [5.74, 6) is 0. The quantitative estimate of drug-likeness (QED) is 0.827. The van der Waals surface area contributed by atoms with Crippen molar-refractivity contribution < 1.29 is 13.2 Å². The Hall–Kier alpha value is -2.04. The number of nitrogen functional groups attached to an aromatic ring is 1. The van der Waals surface area contributed by atoms with E-state index < -0.39 is 11.7 Å². The van der Waals surface area contributed by atoms with Crippen molar-refractivity contribution in [3.05, 3.63) is 48.2 Å². The van der Waals surface area contributed by atoms with Crippen molar-refractivity contribution in [2.45, 2.75) is 6.18 Å². The largest absolute Gasteiger partial charge is 0.417 e. The van der Waals surface area contributed by atoms with E-state index in [4.69, 9.17) is 5.73 Å². The molecule has 2 aromatic rings. The fraction of sp³-hybridized carbons (Fsp3) is 0.0833. The third-order valence-corrected chi connectivity index (χ3v) is 2.29. The van der Waals surface area contributed by atoms with Gasteiger partial charge in [-0.05, 0) is 18.2 Å². The van der Waals surface area contributed by atoms with E-state index in [-0.39, 0.29) is 11.3 Å². The zero-order valence-electron chi connectivity index (χ0n) is 8.70. The summed E-state index contributed by atoms with van der Waals surface area (Å²) in [4.78, 5) is 3.90. The number of alkyl halides is 3. The Labute approximate surface area is 95.9 Å². The van der Waals surface area contributed by atoms with E-state index in [1.165, 1.54) is 30.5 Å². The Morgan fingerprint density at radius 2 is 1.71 bits per heavy atom. The van der Waals surface area contributed by atoms with Gasteiger partial charge >= 0.3 is 6.18 Å². The normalized spacial score (nSPS) is 11.5. The van der Waals surface area contributed by atoms with Gasteiger partial charge in [0.2, 0.25) is 0 Å². The number of pyridine rings is 1. The molecule has 0 radical (unpaired) electrons. The minimum atomic E-state index is -4.39. The van der Waals surface area contributed by atoms with Crippen LogP contribution in [0.25, 0.3) is 11.3 Å². The van der Waals surface area contributed by atoms with Crippen LogP contribution < -0.4 is 5.73 Å². The molecule has 0 atom stereocenters. The minimum absolute atomic E-state index is 0.0556. The number of rotatable bonds is 1. The lowest BCUT2D eigenvalue weighted by Gasteiger charge is -2.11. The number of nitrogens with zero attached hydrogens (tertiary/aromatic N) is 1. The van der Waals surface area contributed by atoms with Crippen LogP contribution in [0.4, 0.5) is 18.9 Å². The molecule has 2 rings (SSSR count). The Bertz CT molecular complexity index is 518. The van der Waals surface area contributed by atoms with Crippen LogP contribution in [0.1, 0.15) is 5.56 Å². The lowest BCUT2D eigenvalue weighted by atomic mass is 10.0. The van der Waals surface area contributed by atoms with E-state index in [0.29, 0.717) is 5.69 Å². The van der Waals surface area contributed by atoms with Crippen molar-refractivity contribution in [2.24, 2.45) is 0 Å². The number of benzene rings is 1. The van der Waals surface area contributed by atoms with Gasteiger partial charge in [0.05, 0.1) is 23.1 Å². The highest BCUT2D eigenvalue weighted by molar-refractivity contribution is 5.65. The molecule has 0 aliphatic rings. The zero-order valence-corrected chi connectivity index (χ0v) is 8.70. The lowest BCUT2D eigenvalue weighted by molar-refractivity contribution is -0.137. The number of aromatic nitrogens is 1. The molecule has 0 bridgehead atoms. The maximum Gasteiger partial charge on any atom is 0.417 e. The molecule has 0 amide bonds. The number of hydrogen-bond donors (Lipinski definition) is 1. The minimum Gasteiger partial charge on any atom is -0.397 e. The fourth-order valence-electron chi connectivity index (χ4n) is 1.52. The third kappa shape index (κ3) is 2.38. The molecular formula is C12H9F3N2. The van der Waals surface area contributed by atoms with E-state index >= 15 is 0 Å². The molecule has 0 aliphatic heterocycles. The SMILES string of the molecule is Nc1ccc(-c2ccccc2C(F)(F)F)nc1. The first kappa shape index (κ1) is 11.4. The average molecular weight is 238 g/mol. The molecule has 1 heterocycles. The molecule has 88 valence electrons. The predicted octanol–water partition coefficient (Wildman–Crippen LogP) is 3.35. The molecule has 1 aromatic carbocycles. The van der Waals surface area contributed by atoms with Crippen LogP contribution >= 0.6 is 0 Å². The summed E-state index contributed by atoms with van der Waals surface area (Å²) in [7, 11) is 0. The van der Waals surface area contributed by atoms with E-state index in [2.05, 4.69) is 4.98 Å². The van der Waals surface area contributed by atoms with Gasteiger partial charge in [0.15, 0.2) is 0 Å². The summed E-state index contributed by atoms with van der Waals surface area (Å²) >= 11 is 0. The number of halogens is 3. The lowest BCUT2D eigenvalue weighted by Crippen LogP contribution is -2.07. The summed E-state index contributed by atoms with van der Waals surface area (Å²) in [6.07, 6.45) is -3.05. The van der Waals surface area contributed by atoms with Crippen LogP contribution in [-0.4, -0.2) is 4.98 Å². The van der Waals surface area contributed by atoms with Gasteiger partial charge in [-0.3, -0.25) is 4.98 Å². The van der Waals surface area contributed by atoms with Gasteiger partial charge in [0.1, 0.15) is 0 Å². The average Bonchev–Trinajstić information content (AvgIpc) is 2.29. The van der Waals surface area contributed by atoms with Crippen LogP contribution in [0.15, 0.2) is 42.6 Å². The van der Waals surface area contributed by atoms with Crippen LogP contribution in [0.5, 0.6) is 0 Å².